The molecule has 0 radical (unpaired) electrons. The highest BCUT2D eigenvalue weighted by atomic mass is 35.5. The normalized spacial score (nSPS) is 10.7. The van der Waals surface area contributed by atoms with Gasteiger partial charge in [0.1, 0.15) is 0 Å². The molecule has 0 unspecified atom stereocenters. The summed E-state index contributed by atoms with van der Waals surface area (Å²) >= 11 is 6.25. The van der Waals surface area contributed by atoms with Crippen LogP contribution in [-0.2, 0) is 20.0 Å². The first kappa shape index (κ1) is 13.6. The Morgan fingerprint density at radius 2 is 2.21 bits per heavy atom. The lowest BCUT2D eigenvalue weighted by atomic mass is 10.3. The first-order valence-corrected chi connectivity index (χ1v) is 6.39. The van der Waals surface area contributed by atoms with E-state index in [1.165, 1.54) is 10.7 Å². The fourth-order valence-electron chi connectivity index (χ4n) is 1.82. The molecular weight excluding hydrogens is 266 g/mol. The fraction of sp³-hybridized carbons (Fsp3) is 0.417. The van der Waals surface area contributed by atoms with Crippen LogP contribution in [0, 0.1) is 0 Å². The van der Waals surface area contributed by atoms with Crippen LogP contribution in [0.1, 0.15) is 18.3 Å². The van der Waals surface area contributed by atoms with Crippen molar-refractivity contribution in [2.75, 3.05) is 12.4 Å². The number of nitrogens with one attached hydrogen (secondary N) is 1. The average Bonchev–Trinajstić information content (AvgIpc) is 2.68. The van der Waals surface area contributed by atoms with Crippen LogP contribution in [0.5, 0.6) is 0 Å². The third kappa shape index (κ3) is 2.63. The highest BCUT2D eigenvalue weighted by molar-refractivity contribution is 6.31. The molecule has 0 saturated carbocycles. The van der Waals surface area contributed by atoms with Crippen LogP contribution >= 0.6 is 11.6 Å². The smallest absolute Gasteiger partial charge is 0.269 e. The van der Waals surface area contributed by atoms with Gasteiger partial charge in [0.05, 0.1) is 34.8 Å². The Hall–Kier alpha value is -1.82. The molecule has 0 aliphatic carbocycles. The standard InChI is InChI=1S/C12H16ClN5O/c1-4-9-12(13)10(17(3)16-9)7-18-11(19)5-8(14-2)6-15-18/h5-6,14H,4,7H2,1-3H3. The quantitative estimate of drug-likeness (QED) is 0.917. The van der Waals surface area contributed by atoms with Gasteiger partial charge in [0.15, 0.2) is 0 Å². The van der Waals surface area contributed by atoms with Gasteiger partial charge in [0, 0.05) is 20.2 Å². The van der Waals surface area contributed by atoms with Gasteiger partial charge in [-0.25, -0.2) is 4.68 Å². The number of aryl methyl sites for hydroxylation is 2. The van der Waals surface area contributed by atoms with Crippen LogP contribution in [0.2, 0.25) is 5.02 Å². The van der Waals surface area contributed by atoms with E-state index in [2.05, 4.69) is 15.5 Å². The van der Waals surface area contributed by atoms with Gasteiger partial charge in [-0.1, -0.05) is 18.5 Å². The summed E-state index contributed by atoms with van der Waals surface area (Å²) in [5, 5.41) is 11.9. The minimum atomic E-state index is -0.179. The van der Waals surface area contributed by atoms with Crippen molar-refractivity contribution < 1.29 is 0 Å². The van der Waals surface area contributed by atoms with E-state index in [1.807, 2.05) is 14.0 Å². The number of halogens is 1. The molecule has 1 N–H and O–H groups in total. The van der Waals surface area contributed by atoms with Gasteiger partial charge in [-0.05, 0) is 6.42 Å². The van der Waals surface area contributed by atoms with Crippen molar-refractivity contribution in [1.82, 2.24) is 19.6 Å². The Morgan fingerprint density at radius 1 is 1.47 bits per heavy atom. The maximum Gasteiger partial charge on any atom is 0.269 e. The lowest BCUT2D eigenvalue weighted by Gasteiger charge is -2.06. The molecular formula is C12H16ClN5O. The lowest BCUT2D eigenvalue weighted by molar-refractivity contribution is 0.591. The van der Waals surface area contributed by atoms with Gasteiger partial charge >= 0.3 is 0 Å². The molecule has 0 bridgehead atoms. The van der Waals surface area contributed by atoms with E-state index in [1.54, 1.807) is 17.9 Å². The molecule has 19 heavy (non-hydrogen) atoms. The summed E-state index contributed by atoms with van der Waals surface area (Å²) in [6.45, 7) is 2.30. The molecule has 0 aliphatic heterocycles. The van der Waals surface area contributed by atoms with Gasteiger partial charge in [0.2, 0.25) is 0 Å². The summed E-state index contributed by atoms with van der Waals surface area (Å²) in [5.41, 5.74) is 2.12. The molecule has 7 heteroatoms. The summed E-state index contributed by atoms with van der Waals surface area (Å²) in [6, 6.07) is 1.50. The Kier molecular flexibility index (Phi) is 3.90. The van der Waals surface area contributed by atoms with Crippen LogP contribution in [0.3, 0.4) is 0 Å². The van der Waals surface area contributed by atoms with Crippen LogP contribution in [-0.4, -0.2) is 26.6 Å². The van der Waals surface area contributed by atoms with Gasteiger partial charge in [-0.2, -0.15) is 10.2 Å². The largest absolute Gasteiger partial charge is 0.387 e. The molecule has 2 aromatic rings. The molecule has 0 atom stereocenters. The van der Waals surface area contributed by atoms with Crippen molar-refractivity contribution in [2.45, 2.75) is 19.9 Å². The maximum atomic E-state index is 11.9. The molecule has 0 aromatic carbocycles. The monoisotopic (exact) mass is 281 g/mol. The number of nitrogens with zero attached hydrogens (tertiary/aromatic N) is 4. The molecule has 2 aromatic heterocycles. The number of rotatable bonds is 4. The predicted octanol–water partition coefficient (Wildman–Crippen LogP) is 1.28. The average molecular weight is 282 g/mol. The Balaban J connectivity index is 2.36. The van der Waals surface area contributed by atoms with Gasteiger partial charge in [-0.15, -0.1) is 0 Å². The maximum absolute atomic E-state index is 11.9. The van der Waals surface area contributed by atoms with Crippen molar-refractivity contribution in [3.63, 3.8) is 0 Å². The van der Waals surface area contributed by atoms with Crippen molar-refractivity contribution in [2.24, 2.45) is 7.05 Å². The molecule has 2 rings (SSSR count). The molecule has 0 fully saturated rings. The van der Waals surface area contributed by atoms with Gasteiger partial charge in [0.25, 0.3) is 5.56 Å². The Bertz CT molecular complexity index is 646. The van der Waals surface area contributed by atoms with Crippen LogP contribution in [0.15, 0.2) is 17.1 Å². The second kappa shape index (κ2) is 5.44. The van der Waals surface area contributed by atoms with Crippen LogP contribution in [0.25, 0.3) is 0 Å². The Labute approximate surface area is 116 Å². The lowest BCUT2D eigenvalue weighted by Crippen LogP contribution is -2.24. The van der Waals surface area contributed by atoms with Crippen LogP contribution in [0.4, 0.5) is 5.69 Å². The number of hydrogen-bond acceptors (Lipinski definition) is 4. The molecule has 102 valence electrons. The minimum absolute atomic E-state index is 0.179. The predicted molar refractivity (Wildman–Crippen MR) is 74.7 cm³/mol. The first-order chi connectivity index (χ1) is 9.06. The molecule has 6 nitrogen and oxygen atoms in total. The van der Waals surface area contributed by atoms with Gasteiger partial charge in [-0.3, -0.25) is 9.48 Å². The summed E-state index contributed by atoms with van der Waals surface area (Å²) in [5.74, 6) is 0. The van der Waals surface area contributed by atoms with E-state index in [0.29, 0.717) is 17.3 Å². The summed E-state index contributed by atoms with van der Waals surface area (Å²) in [6.07, 6.45) is 2.36. The second-order valence-corrected chi connectivity index (χ2v) is 4.55. The third-order valence-electron chi connectivity index (χ3n) is 2.96. The first-order valence-electron chi connectivity index (χ1n) is 6.02. The zero-order chi connectivity index (χ0) is 14.0. The molecule has 0 saturated heterocycles. The minimum Gasteiger partial charge on any atom is -0.387 e. The SMILES string of the molecule is CCc1nn(C)c(Cn2ncc(NC)cc2=O)c1Cl. The summed E-state index contributed by atoms with van der Waals surface area (Å²) in [7, 11) is 3.56. The number of anilines is 1. The number of aromatic nitrogens is 4. The molecule has 2 heterocycles. The van der Waals surface area contributed by atoms with E-state index in [0.717, 1.165) is 17.8 Å². The summed E-state index contributed by atoms with van der Waals surface area (Å²) < 4.78 is 3.06. The highest BCUT2D eigenvalue weighted by Crippen LogP contribution is 2.21. The van der Waals surface area contributed by atoms with Crippen molar-refractivity contribution in [3.05, 3.63) is 39.0 Å². The molecule has 0 aliphatic rings. The zero-order valence-corrected chi connectivity index (χ0v) is 11.9. The Morgan fingerprint density at radius 3 is 2.74 bits per heavy atom. The second-order valence-electron chi connectivity index (χ2n) is 4.17. The van der Waals surface area contributed by atoms with E-state index in [4.69, 9.17) is 11.6 Å². The van der Waals surface area contributed by atoms with E-state index in [9.17, 15) is 4.79 Å². The number of hydrogen-bond donors (Lipinski definition) is 1. The molecule has 0 amide bonds. The van der Waals surface area contributed by atoms with Crippen molar-refractivity contribution in [3.8, 4) is 0 Å². The highest BCUT2D eigenvalue weighted by Gasteiger charge is 2.14. The fourth-order valence-corrected chi connectivity index (χ4v) is 2.18. The third-order valence-corrected chi connectivity index (χ3v) is 3.40. The van der Waals surface area contributed by atoms with Crippen molar-refractivity contribution >= 4 is 17.3 Å². The zero-order valence-electron chi connectivity index (χ0n) is 11.1. The van der Waals surface area contributed by atoms with Crippen LogP contribution < -0.4 is 10.9 Å². The summed E-state index contributed by atoms with van der Waals surface area (Å²) in [4.78, 5) is 11.9. The van der Waals surface area contributed by atoms with E-state index >= 15 is 0 Å². The van der Waals surface area contributed by atoms with E-state index < -0.39 is 0 Å². The van der Waals surface area contributed by atoms with Gasteiger partial charge < -0.3 is 5.32 Å². The molecule has 0 spiro atoms. The topological polar surface area (TPSA) is 64.7 Å². The van der Waals surface area contributed by atoms with Crippen molar-refractivity contribution in [1.29, 1.82) is 0 Å². The van der Waals surface area contributed by atoms with E-state index in [-0.39, 0.29) is 5.56 Å².